The van der Waals surface area contributed by atoms with Gasteiger partial charge in [-0.2, -0.15) is 0 Å². The monoisotopic (exact) mass is 397 g/mol. The second-order valence-corrected chi connectivity index (χ2v) is 9.77. The van der Waals surface area contributed by atoms with Gasteiger partial charge in [-0.1, -0.05) is 32.1 Å². The van der Waals surface area contributed by atoms with Gasteiger partial charge in [-0.05, 0) is 31.4 Å². The van der Waals surface area contributed by atoms with Gasteiger partial charge >= 0.3 is 0 Å². The van der Waals surface area contributed by atoms with Crippen LogP contribution in [0.25, 0.3) is 0 Å². The molecule has 0 aromatic carbocycles. The molecular formula is C19H27NO6S. The minimum Gasteiger partial charge on any atom is -0.468 e. The van der Waals surface area contributed by atoms with Crippen molar-refractivity contribution in [2.75, 3.05) is 6.61 Å². The van der Waals surface area contributed by atoms with E-state index < -0.39 is 33.1 Å². The molecule has 7 nitrogen and oxygen atoms in total. The van der Waals surface area contributed by atoms with Gasteiger partial charge in [0.1, 0.15) is 29.4 Å². The third kappa shape index (κ3) is 4.99. The average molecular weight is 397 g/mol. The Morgan fingerprint density at radius 2 is 2.04 bits per heavy atom. The van der Waals surface area contributed by atoms with Gasteiger partial charge in [-0.15, -0.1) is 0 Å². The quantitative estimate of drug-likeness (QED) is 0.755. The average Bonchev–Trinajstić information content (AvgIpc) is 3.25. The van der Waals surface area contributed by atoms with E-state index in [2.05, 4.69) is 5.32 Å². The van der Waals surface area contributed by atoms with Gasteiger partial charge in [0.2, 0.25) is 5.91 Å². The largest absolute Gasteiger partial charge is 0.468 e. The molecular weight excluding hydrogens is 370 g/mol. The number of Topliss-reactive ketones (excluding diaryl/α,β-unsaturated/α-hetero) is 1. The van der Waals surface area contributed by atoms with E-state index in [1.54, 1.807) is 19.1 Å². The highest BCUT2D eigenvalue weighted by Gasteiger charge is 2.40. The van der Waals surface area contributed by atoms with Crippen LogP contribution in [0.5, 0.6) is 0 Å². The molecule has 8 heteroatoms. The molecule has 0 spiro atoms. The van der Waals surface area contributed by atoms with Gasteiger partial charge in [0.15, 0.2) is 15.6 Å². The highest BCUT2D eigenvalue weighted by molar-refractivity contribution is 7.92. The molecule has 3 atom stereocenters. The molecule has 1 N–H and O–H groups in total. The minimum atomic E-state index is -3.78. The summed E-state index contributed by atoms with van der Waals surface area (Å²) in [6.07, 6.45) is 6.38. The Balaban J connectivity index is 1.77. The number of hydrogen-bond donors (Lipinski definition) is 1. The maximum atomic E-state index is 13.0. The predicted octanol–water partition coefficient (Wildman–Crippen LogP) is 2.01. The lowest BCUT2D eigenvalue weighted by atomic mass is 9.86. The van der Waals surface area contributed by atoms with Crippen LogP contribution in [-0.2, 0) is 29.9 Å². The molecule has 3 rings (SSSR count). The van der Waals surface area contributed by atoms with Crippen LogP contribution in [0.15, 0.2) is 22.8 Å². The number of ketones is 1. The van der Waals surface area contributed by atoms with Gasteiger partial charge in [-0.3, -0.25) is 9.59 Å². The number of rotatable bonds is 7. The summed E-state index contributed by atoms with van der Waals surface area (Å²) in [6.45, 7) is 1.64. The van der Waals surface area contributed by atoms with Crippen LogP contribution in [0.3, 0.4) is 0 Å². The van der Waals surface area contributed by atoms with Crippen LogP contribution < -0.4 is 5.32 Å². The topological polar surface area (TPSA) is 103 Å². The van der Waals surface area contributed by atoms with Crippen molar-refractivity contribution in [3.8, 4) is 0 Å². The first-order chi connectivity index (χ1) is 12.9. The van der Waals surface area contributed by atoms with Crippen molar-refractivity contribution in [2.24, 2.45) is 5.92 Å². The molecule has 0 unspecified atom stereocenters. The Morgan fingerprint density at radius 1 is 1.30 bits per heavy atom. The number of amides is 1. The SMILES string of the molecule is C[C@@H]1OCC(=O)[C@H]1NC(=O)[C@H](CC1CCCCC1)S(=O)(=O)Cc1ccco1. The van der Waals surface area contributed by atoms with Crippen molar-refractivity contribution in [3.63, 3.8) is 0 Å². The van der Waals surface area contributed by atoms with Gasteiger partial charge in [-0.25, -0.2) is 8.42 Å². The third-order valence-electron chi connectivity index (χ3n) is 5.52. The van der Waals surface area contributed by atoms with E-state index in [1.165, 1.54) is 6.26 Å². The standard InChI is InChI=1S/C19H27NO6S/c1-13-18(16(21)11-26-13)20-19(22)17(10-14-6-3-2-4-7-14)27(23,24)12-15-8-5-9-25-15/h5,8-9,13-14,17-18H,2-4,6-7,10-12H2,1H3,(H,20,22)/t13-,17-,18-/m0/s1. The van der Waals surface area contributed by atoms with Gasteiger partial charge in [0, 0.05) is 0 Å². The fraction of sp³-hybridized carbons (Fsp3) is 0.684. The Bertz CT molecular complexity index is 751. The normalized spacial score (nSPS) is 25.4. The highest BCUT2D eigenvalue weighted by atomic mass is 32.2. The molecule has 1 aromatic heterocycles. The lowest BCUT2D eigenvalue weighted by molar-refractivity contribution is -0.126. The first-order valence-corrected chi connectivity index (χ1v) is 11.3. The molecule has 1 aromatic rings. The van der Waals surface area contributed by atoms with Crippen LogP contribution in [0.4, 0.5) is 0 Å². The fourth-order valence-corrected chi connectivity index (χ4v) is 5.66. The van der Waals surface area contributed by atoms with Gasteiger partial charge in [0.05, 0.1) is 12.4 Å². The number of nitrogens with one attached hydrogen (secondary N) is 1. The van der Waals surface area contributed by atoms with E-state index in [1.807, 2.05) is 0 Å². The lowest BCUT2D eigenvalue weighted by Crippen LogP contribution is -2.50. The van der Waals surface area contributed by atoms with Crippen LogP contribution in [0.2, 0.25) is 0 Å². The number of ether oxygens (including phenoxy) is 1. The van der Waals surface area contributed by atoms with Crippen LogP contribution >= 0.6 is 0 Å². The molecule has 1 aliphatic carbocycles. The molecule has 1 saturated heterocycles. The number of furan rings is 1. The summed E-state index contributed by atoms with van der Waals surface area (Å²) in [4.78, 5) is 24.8. The van der Waals surface area contributed by atoms with Crippen LogP contribution in [0, 0.1) is 5.92 Å². The summed E-state index contributed by atoms with van der Waals surface area (Å²) in [5.41, 5.74) is 0. The van der Waals surface area contributed by atoms with Crippen molar-refractivity contribution in [2.45, 2.75) is 68.6 Å². The number of carbonyl (C=O) groups is 2. The molecule has 150 valence electrons. The van der Waals surface area contributed by atoms with E-state index in [-0.39, 0.29) is 30.5 Å². The van der Waals surface area contributed by atoms with Crippen LogP contribution in [0.1, 0.15) is 51.2 Å². The molecule has 0 bridgehead atoms. The van der Waals surface area contributed by atoms with Crippen molar-refractivity contribution in [1.82, 2.24) is 5.32 Å². The Kier molecular flexibility index (Phi) is 6.37. The Labute approximate surface area is 159 Å². The molecule has 0 radical (unpaired) electrons. The van der Waals surface area contributed by atoms with E-state index in [4.69, 9.17) is 9.15 Å². The van der Waals surface area contributed by atoms with E-state index >= 15 is 0 Å². The summed E-state index contributed by atoms with van der Waals surface area (Å²) in [7, 11) is -3.78. The van der Waals surface area contributed by atoms with Gasteiger partial charge in [0.25, 0.3) is 0 Å². The maximum Gasteiger partial charge on any atom is 0.239 e. The zero-order chi connectivity index (χ0) is 19.4. The summed E-state index contributed by atoms with van der Waals surface area (Å²) < 4.78 is 36.4. The summed E-state index contributed by atoms with van der Waals surface area (Å²) in [5.74, 6) is -0.646. The van der Waals surface area contributed by atoms with Crippen molar-refractivity contribution >= 4 is 21.5 Å². The molecule has 2 fully saturated rings. The summed E-state index contributed by atoms with van der Waals surface area (Å²) >= 11 is 0. The summed E-state index contributed by atoms with van der Waals surface area (Å²) in [5, 5.41) is 1.44. The predicted molar refractivity (Wildman–Crippen MR) is 98.7 cm³/mol. The van der Waals surface area contributed by atoms with Crippen molar-refractivity contribution < 1.29 is 27.2 Å². The second kappa shape index (κ2) is 8.56. The third-order valence-corrected chi connectivity index (χ3v) is 7.48. The highest BCUT2D eigenvalue weighted by Crippen LogP contribution is 2.30. The Morgan fingerprint density at radius 3 is 2.63 bits per heavy atom. The minimum absolute atomic E-state index is 0.0570. The number of hydrogen-bond acceptors (Lipinski definition) is 6. The zero-order valence-electron chi connectivity index (χ0n) is 15.6. The molecule has 2 aliphatic rings. The van der Waals surface area contributed by atoms with Crippen LogP contribution in [-0.4, -0.2) is 44.1 Å². The number of carbonyl (C=O) groups excluding carboxylic acids is 2. The first-order valence-electron chi connectivity index (χ1n) is 9.55. The zero-order valence-corrected chi connectivity index (χ0v) is 16.4. The molecule has 1 saturated carbocycles. The molecule has 2 heterocycles. The Hall–Kier alpha value is -1.67. The first kappa shape index (κ1) is 20.1. The number of sulfone groups is 1. The maximum absolute atomic E-state index is 13.0. The van der Waals surface area contributed by atoms with E-state index in [0.717, 1.165) is 32.1 Å². The second-order valence-electron chi connectivity index (χ2n) is 7.58. The molecule has 27 heavy (non-hydrogen) atoms. The summed E-state index contributed by atoms with van der Waals surface area (Å²) in [6, 6.07) is 2.42. The lowest BCUT2D eigenvalue weighted by Gasteiger charge is -2.27. The smallest absolute Gasteiger partial charge is 0.239 e. The van der Waals surface area contributed by atoms with Gasteiger partial charge < -0.3 is 14.5 Å². The van der Waals surface area contributed by atoms with E-state index in [9.17, 15) is 18.0 Å². The molecule has 1 amide bonds. The van der Waals surface area contributed by atoms with Crippen molar-refractivity contribution in [3.05, 3.63) is 24.2 Å². The molecule has 1 aliphatic heterocycles. The van der Waals surface area contributed by atoms with Crippen molar-refractivity contribution in [1.29, 1.82) is 0 Å². The fourth-order valence-electron chi connectivity index (χ4n) is 3.94. The van der Waals surface area contributed by atoms with E-state index in [0.29, 0.717) is 5.76 Å².